The van der Waals surface area contributed by atoms with Gasteiger partial charge in [0.15, 0.2) is 5.13 Å². The number of nitrogens with one attached hydrogen (secondary N) is 1. The van der Waals surface area contributed by atoms with E-state index in [1.807, 2.05) is 0 Å². The first-order valence-corrected chi connectivity index (χ1v) is 8.74. The van der Waals surface area contributed by atoms with Crippen LogP contribution in [0.3, 0.4) is 0 Å². The maximum Gasteiger partial charge on any atom is 0.350 e. The normalized spacial score (nSPS) is 16.3. The molecule has 128 valence electrons. The summed E-state index contributed by atoms with van der Waals surface area (Å²) in [5.74, 6) is -0.488. The van der Waals surface area contributed by atoms with Crippen molar-refractivity contribution in [2.45, 2.75) is 20.8 Å². The molecule has 1 amide bonds. The summed E-state index contributed by atoms with van der Waals surface area (Å²) >= 11 is 1.16. The van der Waals surface area contributed by atoms with E-state index in [1.165, 1.54) is 0 Å². The van der Waals surface area contributed by atoms with Crippen molar-refractivity contribution in [2.75, 3.05) is 51.2 Å². The fraction of sp³-hybridized carbons (Fsp3) is 0.667. The zero-order valence-electron chi connectivity index (χ0n) is 13.9. The average Bonchev–Trinajstić information content (AvgIpc) is 2.88. The number of hydrogen-bond acceptors (Lipinski definition) is 7. The number of esters is 1. The number of hydrogen-bond donors (Lipinski definition) is 1. The van der Waals surface area contributed by atoms with Gasteiger partial charge in [0.1, 0.15) is 4.88 Å². The van der Waals surface area contributed by atoms with Crippen molar-refractivity contribution >= 4 is 28.3 Å². The van der Waals surface area contributed by atoms with Crippen LogP contribution in [0.4, 0.5) is 5.13 Å². The second-order valence-electron chi connectivity index (χ2n) is 5.41. The summed E-state index contributed by atoms with van der Waals surface area (Å²) in [4.78, 5) is 33.1. The van der Waals surface area contributed by atoms with Crippen LogP contribution < -0.4 is 5.32 Å². The van der Waals surface area contributed by atoms with Crippen molar-refractivity contribution in [2.24, 2.45) is 0 Å². The van der Waals surface area contributed by atoms with Gasteiger partial charge in [0.05, 0.1) is 18.8 Å². The molecule has 1 aliphatic heterocycles. The Morgan fingerprint density at radius 3 is 2.48 bits per heavy atom. The molecule has 1 aromatic heterocycles. The zero-order valence-corrected chi connectivity index (χ0v) is 14.7. The second kappa shape index (κ2) is 8.37. The van der Waals surface area contributed by atoms with Gasteiger partial charge in [-0.15, -0.1) is 0 Å². The van der Waals surface area contributed by atoms with Gasteiger partial charge in [-0.25, -0.2) is 9.78 Å². The lowest BCUT2D eigenvalue weighted by molar-refractivity contribution is -0.117. The highest BCUT2D eigenvalue weighted by Crippen LogP contribution is 2.23. The van der Waals surface area contributed by atoms with E-state index in [-0.39, 0.29) is 5.91 Å². The number of amides is 1. The molecule has 23 heavy (non-hydrogen) atoms. The number of rotatable bonds is 6. The third kappa shape index (κ3) is 4.98. The molecule has 0 atom stereocenters. The summed E-state index contributed by atoms with van der Waals surface area (Å²) in [6, 6.07) is 0. The Morgan fingerprint density at radius 1 is 1.22 bits per heavy atom. The lowest BCUT2D eigenvalue weighted by atomic mass is 10.3. The van der Waals surface area contributed by atoms with Crippen LogP contribution in [0.15, 0.2) is 0 Å². The predicted octanol–water partition coefficient (Wildman–Crippen LogP) is 1.20. The minimum Gasteiger partial charge on any atom is -0.462 e. The van der Waals surface area contributed by atoms with Crippen molar-refractivity contribution in [3.8, 4) is 0 Å². The lowest BCUT2D eigenvalue weighted by Crippen LogP contribution is -2.48. The van der Waals surface area contributed by atoms with Crippen molar-refractivity contribution in [1.29, 1.82) is 0 Å². The van der Waals surface area contributed by atoms with Gasteiger partial charge < -0.3 is 15.0 Å². The molecule has 0 saturated carbocycles. The molecule has 1 aliphatic rings. The molecule has 1 N–H and O–H groups in total. The lowest BCUT2D eigenvalue weighted by Gasteiger charge is -2.33. The van der Waals surface area contributed by atoms with Crippen LogP contribution in [0.1, 0.15) is 29.2 Å². The van der Waals surface area contributed by atoms with Gasteiger partial charge in [-0.2, -0.15) is 0 Å². The monoisotopic (exact) mass is 340 g/mol. The number of thiazole rings is 1. The van der Waals surface area contributed by atoms with E-state index in [0.717, 1.165) is 44.1 Å². The molecule has 0 spiro atoms. The van der Waals surface area contributed by atoms with Gasteiger partial charge in [0.2, 0.25) is 5.91 Å². The van der Waals surface area contributed by atoms with Crippen LogP contribution >= 0.6 is 11.3 Å². The largest absolute Gasteiger partial charge is 0.462 e. The summed E-state index contributed by atoms with van der Waals surface area (Å²) in [5, 5.41) is 3.23. The molecule has 7 nitrogen and oxygen atoms in total. The highest BCUT2D eigenvalue weighted by molar-refractivity contribution is 7.17. The standard InChI is InChI=1S/C15H24N4O3S/c1-4-18-6-8-19(9-7-18)10-12(20)17-15-16-11(3)13(23-15)14(21)22-5-2/h4-10H2,1-3H3,(H,16,17,20). The van der Waals surface area contributed by atoms with E-state index in [2.05, 4.69) is 27.0 Å². The average molecular weight is 340 g/mol. The first-order valence-electron chi connectivity index (χ1n) is 7.92. The SMILES string of the molecule is CCOC(=O)c1sc(NC(=O)CN2CCN(CC)CC2)nc1C. The van der Waals surface area contributed by atoms with Gasteiger partial charge in [0.25, 0.3) is 0 Å². The van der Waals surface area contributed by atoms with Crippen molar-refractivity contribution in [1.82, 2.24) is 14.8 Å². The third-order valence-electron chi connectivity index (χ3n) is 3.78. The number of carbonyl (C=O) groups excluding carboxylic acids is 2. The Bertz CT molecular complexity index is 553. The van der Waals surface area contributed by atoms with Gasteiger partial charge in [-0.05, 0) is 20.4 Å². The zero-order chi connectivity index (χ0) is 16.8. The molecule has 1 saturated heterocycles. The van der Waals surface area contributed by atoms with Crippen LogP contribution in [-0.2, 0) is 9.53 Å². The number of aryl methyl sites for hydroxylation is 1. The molecule has 2 rings (SSSR count). The maximum absolute atomic E-state index is 12.1. The smallest absolute Gasteiger partial charge is 0.350 e. The Labute approximate surface area is 140 Å². The van der Waals surface area contributed by atoms with Gasteiger partial charge in [-0.3, -0.25) is 9.69 Å². The van der Waals surface area contributed by atoms with Crippen molar-refractivity contribution in [3.05, 3.63) is 10.6 Å². The summed E-state index contributed by atoms with van der Waals surface area (Å²) < 4.78 is 4.98. The molecule has 1 fully saturated rings. The number of carbonyl (C=O) groups is 2. The van der Waals surface area contributed by atoms with Crippen LogP contribution in [0.2, 0.25) is 0 Å². The van der Waals surface area contributed by atoms with E-state index >= 15 is 0 Å². The minimum atomic E-state index is -0.390. The van der Waals surface area contributed by atoms with Crippen LogP contribution in [0.25, 0.3) is 0 Å². The summed E-state index contributed by atoms with van der Waals surface area (Å²) in [6.45, 7) is 11.1. The molecule has 2 heterocycles. The van der Waals surface area contributed by atoms with Gasteiger partial charge in [0, 0.05) is 26.2 Å². The molecule has 0 unspecified atom stereocenters. The van der Waals surface area contributed by atoms with Gasteiger partial charge in [-0.1, -0.05) is 18.3 Å². The Hall–Kier alpha value is -1.51. The first kappa shape index (κ1) is 17.8. The van der Waals surface area contributed by atoms with E-state index in [4.69, 9.17) is 4.74 Å². The van der Waals surface area contributed by atoms with E-state index in [1.54, 1.807) is 13.8 Å². The Balaban J connectivity index is 1.86. The Morgan fingerprint density at radius 2 is 1.87 bits per heavy atom. The molecule has 1 aromatic rings. The highest BCUT2D eigenvalue weighted by atomic mass is 32.1. The molecular weight excluding hydrogens is 316 g/mol. The number of likely N-dealkylation sites (N-methyl/N-ethyl adjacent to an activating group) is 1. The highest BCUT2D eigenvalue weighted by Gasteiger charge is 2.20. The minimum absolute atomic E-state index is 0.0980. The van der Waals surface area contributed by atoms with E-state index < -0.39 is 5.97 Å². The summed E-state index contributed by atoms with van der Waals surface area (Å²) in [5.41, 5.74) is 0.584. The topological polar surface area (TPSA) is 74.8 Å². The third-order valence-corrected chi connectivity index (χ3v) is 4.84. The summed E-state index contributed by atoms with van der Waals surface area (Å²) in [6.07, 6.45) is 0. The number of aromatic nitrogens is 1. The van der Waals surface area contributed by atoms with E-state index in [0.29, 0.717) is 28.9 Å². The maximum atomic E-state index is 12.1. The number of nitrogens with zero attached hydrogens (tertiary/aromatic N) is 3. The fourth-order valence-electron chi connectivity index (χ4n) is 2.46. The molecule has 0 aliphatic carbocycles. The summed E-state index contributed by atoms with van der Waals surface area (Å²) in [7, 11) is 0. The van der Waals surface area contributed by atoms with Crippen LogP contribution in [0, 0.1) is 6.92 Å². The van der Waals surface area contributed by atoms with Gasteiger partial charge >= 0.3 is 5.97 Å². The molecule has 0 bridgehead atoms. The van der Waals surface area contributed by atoms with E-state index in [9.17, 15) is 9.59 Å². The number of anilines is 1. The predicted molar refractivity (Wildman–Crippen MR) is 90.0 cm³/mol. The molecule has 0 aromatic carbocycles. The fourth-order valence-corrected chi connectivity index (χ4v) is 3.34. The van der Waals surface area contributed by atoms with Crippen LogP contribution in [-0.4, -0.2) is 72.5 Å². The number of ether oxygens (including phenoxy) is 1. The molecule has 8 heteroatoms. The van der Waals surface area contributed by atoms with Crippen LogP contribution in [0.5, 0.6) is 0 Å². The second-order valence-corrected chi connectivity index (χ2v) is 6.41. The van der Waals surface area contributed by atoms with Crippen molar-refractivity contribution < 1.29 is 14.3 Å². The number of piperazine rings is 1. The van der Waals surface area contributed by atoms with Crippen molar-refractivity contribution in [3.63, 3.8) is 0 Å². The molecule has 0 radical (unpaired) electrons. The molecular formula is C15H24N4O3S. The quantitative estimate of drug-likeness (QED) is 0.785. The Kier molecular flexibility index (Phi) is 6.49. The first-order chi connectivity index (χ1) is 11.0.